The maximum absolute atomic E-state index is 12.0. The van der Waals surface area contributed by atoms with Crippen LogP contribution in [0.15, 0.2) is 18.3 Å². The van der Waals surface area contributed by atoms with Gasteiger partial charge >= 0.3 is 0 Å². The van der Waals surface area contributed by atoms with Gasteiger partial charge in [-0.1, -0.05) is 20.3 Å². The second-order valence-corrected chi connectivity index (χ2v) is 4.96. The van der Waals surface area contributed by atoms with Crippen LogP contribution in [-0.2, 0) is 0 Å². The Bertz CT molecular complexity index is 406. The zero-order chi connectivity index (χ0) is 14.3. The Morgan fingerprint density at radius 2 is 2.21 bits per heavy atom. The zero-order valence-electron chi connectivity index (χ0n) is 12.4. The van der Waals surface area contributed by atoms with Crippen LogP contribution in [0.5, 0.6) is 0 Å². The van der Waals surface area contributed by atoms with Crippen molar-refractivity contribution in [3.05, 3.63) is 24.0 Å². The van der Waals surface area contributed by atoms with Crippen molar-refractivity contribution in [2.24, 2.45) is 0 Å². The van der Waals surface area contributed by atoms with Crippen LogP contribution in [-0.4, -0.2) is 30.5 Å². The highest BCUT2D eigenvalue weighted by Gasteiger charge is 2.11. The number of unbranched alkanes of at least 4 members (excludes halogenated alkanes) is 1. The molecule has 0 aliphatic heterocycles. The van der Waals surface area contributed by atoms with Gasteiger partial charge in [0.1, 0.15) is 5.69 Å². The first-order valence-electron chi connectivity index (χ1n) is 7.06. The van der Waals surface area contributed by atoms with Gasteiger partial charge in [0, 0.05) is 31.5 Å². The molecular formula is C15H25N3O. The monoisotopic (exact) mass is 263 g/mol. The lowest BCUT2D eigenvalue weighted by atomic mass is 10.2. The molecule has 1 aromatic rings. The van der Waals surface area contributed by atoms with Crippen LogP contribution in [0.1, 0.15) is 50.5 Å². The smallest absolute Gasteiger partial charge is 0.270 e. The predicted octanol–water partition coefficient (Wildman–Crippen LogP) is 2.85. The number of pyridine rings is 1. The van der Waals surface area contributed by atoms with Gasteiger partial charge in [-0.2, -0.15) is 0 Å². The van der Waals surface area contributed by atoms with E-state index in [0.29, 0.717) is 5.69 Å². The molecule has 1 heterocycles. The van der Waals surface area contributed by atoms with E-state index in [-0.39, 0.29) is 11.9 Å². The van der Waals surface area contributed by atoms with Crippen molar-refractivity contribution in [1.82, 2.24) is 10.3 Å². The molecule has 4 nitrogen and oxygen atoms in total. The highest BCUT2D eigenvalue weighted by molar-refractivity contribution is 5.93. The number of carbonyl (C=O) groups excluding carboxylic acids is 1. The van der Waals surface area contributed by atoms with E-state index in [0.717, 1.165) is 31.5 Å². The summed E-state index contributed by atoms with van der Waals surface area (Å²) < 4.78 is 0. The van der Waals surface area contributed by atoms with Gasteiger partial charge in [-0.3, -0.25) is 9.78 Å². The van der Waals surface area contributed by atoms with E-state index in [1.54, 1.807) is 6.20 Å². The average Bonchev–Trinajstić information content (AvgIpc) is 2.44. The lowest BCUT2D eigenvalue weighted by Gasteiger charge is -2.19. The maximum Gasteiger partial charge on any atom is 0.270 e. The van der Waals surface area contributed by atoms with E-state index >= 15 is 0 Å². The Kier molecular flexibility index (Phi) is 6.33. The van der Waals surface area contributed by atoms with Gasteiger partial charge in [0.15, 0.2) is 0 Å². The minimum atomic E-state index is -0.0971. The molecule has 1 aromatic heterocycles. The van der Waals surface area contributed by atoms with E-state index in [1.165, 1.54) is 0 Å². The largest absolute Gasteiger partial charge is 0.374 e. The first-order valence-corrected chi connectivity index (χ1v) is 7.06. The molecular weight excluding hydrogens is 238 g/mol. The third kappa shape index (κ3) is 4.89. The quantitative estimate of drug-likeness (QED) is 0.822. The van der Waals surface area contributed by atoms with Crippen molar-refractivity contribution in [2.75, 3.05) is 18.5 Å². The van der Waals surface area contributed by atoms with E-state index in [1.807, 2.05) is 33.0 Å². The third-order valence-electron chi connectivity index (χ3n) is 3.25. The van der Waals surface area contributed by atoms with Crippen molar-refractivity contribution >= 4 is 11.6 Å². The van der Waals surface area contributed by atoms with Gasteiger partial charge in [-0.05, 0) is 31.9 Å². The SMILES string of the molecule is CCCCN(C)c1ccnc(C(=O)NC(C)CC)c1. The van der Waals surface area contributed by atoms with Crippen LogP contribution in [0.4, 0.5) is 5.69 Å². The van der Waals surface area contributed by atoms with Crippen LogP contribution in [0.3, 0.4) is 0 Å². The third-order valence-corrected chi connectivity index (χ3v) is 3.25. The molecule has 0 radical (unpaired) electrons. The van der Waals surface area contributed by atoms with Crippen molar-refractivity contribution in [1.29, 1.82) is 0 Å². The number of rotatable bonds is 7. The van der Waals surface area contributed by atoms with Gasteiger partial charge in [0.2, 0.25) is 0 Å². The van der Waals surface area contributed by atoms with Gasteiger partial charge in [0.05, 0.1) is 0 Å². The summed E-state index contributed by atoms with van der Waals surface area (Å²) in [7, 11) is 2.04. The fourth-order valence-electron chi connectivity index (χ4n) is 1.71. The Morgan fingerprint density at radius 3 is 2.84 bits per heavy atom. The number of nitrogens with zero attached hydrogens (tertiary/aromatic N) is 2. The lowest BCUT2D eigenvalue weighted by molar-refractivity contribution is 0.0934. The van der Waals surface area contributed by atoms with Crippen molar-refractivity contribution in [3.63, 3.8) is 0 Å². The molecule has 0 bridgehead atoms. The van der Waals surface area contributed by atoms with Gasteiger partial charge < -0.3 is 10.2 Å². The molecule has 106 valence electrons. The van der Waals surface area contributed by atoms with Gasteiger partial charge in [-0.25, -0.2) is 0 Å². The summed E-state index contributed by atoms with van der Waals surface area (Å²) in [6, 6.07) is 3.97. The molecule has 1 atom stereocenters. The number of anilines is 1. The van der Waals surface area contributed by atoms with Crippen molar-refractivity contribution in [2.45, 2.75) is 46.1 Å². The van der Waals surface area contributed by atoms with Crippen molar-refractivity contribution in [3.8, 4) is 0 Å². The number of nitrogens with one attached hydrogen (secondary N) is 1. The topological polar surface area (TPSA) is 45.2 Å². The Balaban J connectivity index is 2.73. The normalized spacial score (nSPS) is 12.0. The van der Waals surface area contributed by atoms with Gasteiger partial charge in [0.25, 0.3) is 5.91 Å². The number of carbonyl (C=O) groups is 1. The minimum Gasteiger partial charge on any atom is -0.374 e. The zero-order valence-corrected chi connectivity index (χ0v) is 12.4. The molecule has 0 spiro atoms. The molecule has 19 heavy (non-hydrogen) atoms. The molecule has 0 fully saturated rings. The molecule has 0 saturated heterocycles. The van der Waals surface area contributed by atoms with Crippen LogP contribution in [0.2, 0.25) is 0 Å². The lowest BCUT2D eigenvalue weighted by Crippen LogP contribution is -2.32. The van der Waals surface area contributed by atoms with Gasteiger partial charge in [-0.15, -0.1) is 0 Å². The fourth-order valence-corrected chi connectivity index (χ4v) is 1.71. The number of hydrogen-bond acceptors (Lipinski definition) is 3. The van der Waals surface area contributed by atoms with Crippen LogP contribution in [0, 0.1) is 0 Å². The minimum absolute atomic E-state index is 0.0971. The summed E-state index contributed by atoms with van der Waals surface area (Å²) in [5, 5.41) is 2.94. The van der Waals surface area contributed by atoms with E-state index in [9.17, 15) is 4.79 Å². The molecule has 1 unspecified atom stereocenters. The first kappa shape index (κ1) is 15.5. The summed E-state index contributed by atoms with van der Waals surface area (Å²) >= 11 is 0. The molecule has 1 N–H and O–H groups in total. The maximum atomic E-state index is 12.0. The van der Waals surface area contributed by atoms with E-state index in [2.05, 4.69) is 22.1 Å². The molecule has 0 saturated carbocycles. The molecule has 1 rings (SSSR count). The highest BCUT2D eigenvalue weighted by atomic mass is 16.1. The molecule has 1 amide bonds. The number of hydrogen-bond donors (Lipinski definition) is 1. The fraction of sp³-hybridized carbons (Fsp3) is 0.600. The second-order valence-electron chi connectivity index (χ2n) is 4.96. The summed E-state index contributed by atoms with van der Waals surface area (Å²) in [5.41, 5.74) is 1.53. The Hall–Kier alpha value is -1.58. The van der Waals surface area contributed by atoms with E-state index in [4.69, 9.17) is 0 Å². The molecule has 0 aliphatic carbocycles. The van der Waals surface area contributed by atoms with E-state index < -0.39 is 0 Å². The molecule has 0 aromatic carbocycles. The van der Waals surface area contributed by atoms with Crippen molar-refractivity contribution < 1.29 is 4.79 Å². The van der Waals surface area contributed by atoms with Crippen LogP contribution < -0.4 is 10.2 Å². The average molecular weight is 263 g/mol. The second kappa shape index (κ2) is 7.77. The first-order chi connectivity index (χ1) is 9.08. The summed E-state index contributed by atoms with van der Waals surface area (Å²) in [4.78, 5) is 18.3. The molecule has 4 heteroatoms. The number of aromatic nitrogens is 1. The highest BCUT2D eigenvalue weighted by Crippen LogP contribution is 2.13. The Morgan fingerprint density at radius 1 is 1.47 bits per heavy atom. The Labute approximate surface area is 116 Å². The van der Waals surface area contributed by atoms with Crippen LogP contribution >= 0.6 is 0 Å². The molecule has 0 aliphatic rings. The standard InChI is InChI=1S/C15H25N3O/c1-5-7-10-18(4)13-8-9-16-14(11-13)15(19)17-12(3)6-2/h8-9,11-12H,5-7,10H2,1-4H3,(H,17,19). The summed E-state index contributed by atoms with van der Waals surface area (Å²) in [6.45, 7) is 7.21. The predicted molar refractivity (Wildman–Crippen MR) is 79.6 cm³/mol. The number of amides is 1. The van der Waals surface area contributed by atoms with Crippen LogP contribution in [0.25, 0.3) is 0 Å². The summed E-state index contributed by atoms with van der Waals surface area (Å²) in [6.07, 6.45) is 4.93. The summed E-state index contributed by atoms with van der Waals surface area (Å²) in [5.74, 6) is -0.0971.